The molecule has 1 heterocycles. The second-order valence-electron chi connectivity index (χ2n) is 3.65. The van der Waals surface area contributed by atoms with E-state index in [0.717, 1.165) is 24.5 Å². The van der Waals surface area contributed by atoms with Crippen molar-refractivity contribution < 1.29 is 0 Å². The second-order valence-corrected chi connectivity index (χ2v) is 4.47. The zero-order valence-electron chi connectivity index (χ0n) is 8.50. The van der Waals surface area contributed by atoms with Crippen molar-refractivity contribution in [2.75, 3.05) is 13.6 Å². The number of hydrogen-bond donors (Lipinski definition) is 0. The molecule has 2 rings (SSSR count). The molecule has 0 unspecified atom stereocenters. The first-order chi connectivity index (χ1) is 7.16. The Labute approximate surface area is 99.5 Å². The van der Waals surface area contributed by atoms with Gasteiger partial charge in [-0.05, 0) is 24.6 Å². The van der Waals surface area contributed by atoms with E-state index in [4.69, 9.17) is 23.2 Å². The van der Waals surface area contributed by atoms with E-state index in [9.17, 15) is 0 Å². The van der Waals surface area contributed by atoms with Crippen LogP contribution in [-0.2, 0) is 0 Å². The van der Waals surface area contributed by atoms with Crippen molar-refractivity contribution in [2.45, 2.75) is 12.8 Å². The lowest BCUT2D eigenvalue weighted by atomic mass is 10.3. The van der Waals surface area contributed by atoms with Gasteiger partial charge in [-0.1, -0.05) is 23.2 Å². The quantitative estimate of drug-likeness (QED) is 0.733. The molecule has 1 saturated heterocycles. The predicted octanol–water partition coefficient (Wildman–Crippen LogP) is 3.75. The van der Waals surface area contributed by atoms with Crippen LogP contribution in [0.15, 0.2) is 23.2 Å². The first-order valence-corrected chi connectivity index (χ1v) is 5.66. The average molecular weight is 243 g/mol. The van der Waals surface area contributed by atoms with Crippen molar-refractivity contribution >= 4 is 34.7 Å². The molecule has 15 heavy (non-hydrogen) atoms. The van der Waals surface area contributed by atoms with Crippen LogP contribution in [0.4, 0.5) is 5.69 Å². The highest BCUT2D eigenvalue weighted by Crippen LogP contribution is 2.27. The molecule has 80 valence electrons. The van der Waals surface area contributed by atoms with Crippen molar-refractivity contribution in [3.8, 4) is 0 Å². The number of amidine groups is 1. The highest BCUT2D eigenvalue weighted by molar-refractivity contribution is 6.42. The average Bonchev–Trinajstić information content (AvgIpc) is 2.59. The van der Waals surface area contributed by atoms with Crippen LogP contribution >= 0.6 is 23.2 Å². The Hall–Kier alpha value is -0.730. The molecule has 0 N–H and O–H groups in total. The van der Waals surface area contributed by atoms with Gasteiger partial charge in [0.25, 0.3) is 0 Å². The van der Waals surface area contributed by atoms with Crippen LogP contribution in [0.5, 0.6) is 0 Å². The summed E-state index contributed by atoms with van der Waals surface area (Å²) in [5, 5.41) is 1.12. The smallest absolute Gasteiger partial charge is 0.105 e. The summed E-state index contributed by atoms with van der Waals surface area (Å²) >= 11 is 11.8. The molecule has 1 aromatic carbocycles. The van der Waals surface area contributed by atoms with Crippen LogP contribution in [0.2, 0.25) is 10.0 Å². The summed E-state index contributed by atoms with van der Waals surface area (Å²) in [6.07, 6.45) is 2.22. The summed E-state index contributed by atoms with van der Waals surface area (Å²) < 4.78 is 0. The van der Waals surface area contributed by atoms with E-state index >= 15 is 0 Å². The fourth-order valence-corrected chi connectivity index (χ4v) is 1.93. The van der Waals surface area contributed by atoms with Gasteiger partial charge in [0.2, 0.25) is 0 Å². The minimum atomic E-state index is 0.555. The van der Waals surface area contributed by atoms with Crippen LogP contribution in [0.3, 0.4) is 0 Å². The monoisotopic (exact) mass is 242 g/mol. The van der Waals surface area contributed by atoms with Crippen molar-refractivity contribution in [2.24, 2.45) is 4.99 Å². The minimum Gasteiger partial charge on any atom is -0.363 e. The van der Waals surface area contributed by atoms with E-state index < -0.39 is 0 Å². The van der Waals surface area contributed by atoms with Crippen molar-refractivity contribution in [3.63, 3.8) is 0 Å². The fourth-order valence-electron chi connectivity index (χ4n) is 1.64. The summed E-state index contributed by atoms with van der Waals surface area (Å²) in [5.74, 6) is 1.12. The molecule has 1 fully saturated rings. The Morgan fingerprint density at radius 3 is 2.67 bits per heavy atom. The Morgan fingerprint density at radius 2 is 2.07 bits per heavy atom. The number of hydrogen-bond acceptors (Lipinski definition) is 1. The van der Waals surface area contributed by atoms with Gasteiger partial charge in [0, 0.05) is 20.0 Å². The first-order valence-electron chi connectivity index (χ1n) is 4.90. The van der Waals surface area contributed by atoms with Crippen LogP contribution in [0, 0.1) is 0 Å². The third-order valence-corrected chi connectivity index (χ3v) is 3.23. The number of halogens is 2. The van der Waals surface area contributed by atoms with Gasteiger partial charge in [0.05, 0.1) is 15.7 Å². The molecule has 0 saturated carbocycles. The molecular formula is C11H12Cl2N2. The van der Waals surface area contributed by atoms with Crippen molar-refractivity contribution in [3.05, 3.63) is 28.2 Å². The lowest BCUT2D eigenvalue weighted by molar-refractivity contribution is 0.550. The van der Waals surface area contributed by atoms with Crippen molar-refractivity contribution in [1.29, 1.82) is 0 Å². The summed E-state index contributed by atoms with van der Waals surface area (Å²) in [5.41, 5.74) is 0.869. The van der Waals surface area contributed by atoms with Crippen molar-refractivity contribution in [1.82, 2.24) is 4.90 Å². The summed E-state index contributed by atoms with van der Waals surface area (Å²) in [6.45, 7) is 1.08. The van der Waals surface area contributed by atoms with E-state index in [1.807, 2.05) is 6.07 Å². The largest absolute Gasteiger partial charge is 0.363 e. The maximum Gasteiger partial charge on any atom is 0.105 e. The molecule has 1 aliphatic rings. The molecule has 1 aromatic rings. The highest BCUT2D eigenvalue weighted by Gasteiger charge is 2.13. The summed E-state index contributed by atoms with van der Waals surface area (Å²) in [7, 11) is 2.06. The van der Waals surface area contributed by atoms with Crippen LogP contribution in [-0.4, -0.2) is 24.3 Å². The second kappa shape index (κ2) is 4.42. The zero-order chi connectivity index (χ0) is 10.8. The molecule has 0 atom stereocenters. The molecule has 0 radical (unpaired) electrons. The van der Waals surface area contributed by atoms with Gasteiger partial charge >= 0.3 is 0 Å². The Balaban J connectivity index is 2.27. The van der Waals surface area contributed by atoms with E-state index in [0.29, 0.717) is 10.0 Å². The number of benzene rings is 1. The van der Waals surface area contributed by atoms with Crippen LogP contribution < -0.4 is 0 Å². The molecule has 2 nitrogen and oxygen atoms in total. The first kappa shape index (κ1) is 10.8. The van der Waals surface area contributed by atoms with Gasteiger partial charge in [-0.2, -0.15) is 0 Å². The molecule has 4 heteroatoms. The standard InChI is InChI=1S/C11H12Cl2N2/c1-15-6-2-3-11(15)14-8-4-5-9(12)10(13)7-8/h4-5,7H,2-3,6H2,1H3/b14-11-. The number of likely N-dealkylation sites (tertiary alicyclic amines) is 1. The Morgan fingerprint density at radius 1 is 1.27 bits per heavy atom. The molecular weight excluding hydrogens is 231 g/mol. The number of rotatable bonds is 1. The van der Waals surface area contributed by atoms with Gasteiger partial charge in [-0.15, -0.1) is 0 Å². The molecule has 0 bridgehead atoms. The van der Waals surface area contributed by atoms with E-state index in [1.54, 1.807) is 12.1 Å². The Bertz CT molecular complexity index is 402. The fraction of sp³-hybridized carbons (Fsp3) is 0.364. The normalized spacial score (nSPS) is 18.9. The van der Waals surface area contributed by atoms with Gasteiger partial charge in [-0.3, -0.25) is 0 Å². The number of nitrogens with zero attached hydrogens (tertiary/aromatic N) is 2. The molecule has 0 spiro atoms. The summed E-state index contributed by atoms with van der Waals surface area (Å²) in [6, 6.07) is 5.45. The van der Waals surface area contributed by atoms with Crippen LogP contribution in [0.25, 0.3) is 0 Å². The zero-order valence-corrected chi connectivity index (χ0v) is 10.0. The van der Waals surface area contributed by atoms with E-state index in [2.05, 4.69) is 16.9 Å². The molecule has 0 aromatic heterocycles. The molecule has 0 aliphatic carbocycles. The van der Waals surface area contributed by atoms with E-state index in [-0.39, 0.29) is 0 Å². The van der Waals surface area contributed by atoms with Gasteiger partial charge in [-0.25, -0.2) is 4.99 Å². The lowest BCUT2D eigenvalue weighted by Crippen LogP contribution is -2.18. The third-order valence-electron chi connectivity index (χ3n) is 2.50. The highest BCUT2D eigenvalue weighted by atomic mass is 35.5. The topological polar surface area (TPSA) is 15.6 Å². The lowest BCUT2D eigenvalue weighted by Gasteiger charge is -2.10. The maximum absolute atomic E-state index is 5.92. The molecule has 1 aliphatic heterocycles. The Kier molecular flexibility index (Phi) is 3.17. The summed E-state index contributed by atoms with van der Waals surface area (Å²) in [4.78, 5) is 6.71. The van der Waals surface area contributed by atoms with Gasteiger partial charge < -0.3 is 4.90 Å². The van der Waals surface area contributed by atoms with Gasteiger partial charge in [0.15, 0.2) is 0 Å². The minimum absolute atomic E-state index is 0.555. The predicted molar refractivity (Wildman–Crippen MR) is 65.4 cm³/mol. The van der Waals surface area contributed by atoms with Crippen LogP contribution in [0.1, 0.15) is 12.8 Å². The van der Waals surface area contributed by atoms with E-state index in [1.165, 1.54) is 6.42 Å². The SMILES string of the molecule is CN1CCC/C1=N/c1ccc(Cl)c(Cl)c1. The van der Waals surface area contributed by atoms with Gasteiger partial charge in [0.1, 0.15) is 5.84 Å². The molecule has 0 amide bonds. The number of aliphatic imine (C=N–C) groups is 1. The third kappa shape index (κ3) is 2.44. The maximum atomic E-state index is 5.92.